The minimum atomic E-state index is -0.805. The predicted octanol–water partition coefficient (Wildman–Crippen LogP) is 6.93. The summed E-state index contributed by atoms with van der Waals surface area (Å²) in [7, 11) is 2.04. The number of rotatable bonds is 6. The molecule has 2 fully saturated rings. The lowest BCUT2D eigenvalue weighted by molar-refractivity contribution is 0.0636. The van der Waals surface area contributed by atoms with Crippen LogP contribution in [0.5, 0.6) is 6.01 Å². The highest BCUT2D eigenvalue weighted by molar-refractivity contribution is 7.23. The second-order valence-electron chi connectivity index (χ2n) is 13.0. The summed E-state index contributed by atoms with van der Waals surface area (Å²) in [6.45, 7) is 10.5. The maximum atomic E-state index is 17.0. The fraction of sp³-hybridized carbons (Fsp3) is 0.455. The van der Waals surface area contributed by atoms with Crippen molar-refractivity contribution in [1.82, 2.24) is 20.2 Å². The number of aromatic nitrogens is 2. The smallest absolute Gasteiger partial charge is 0.412 e. The molecule has 248 valence electrons. The van der Waals surface area contributed by atoms with Crippen molar-refractivity contribution >= 4 is 60.8 Å². The normalized spacial score (nSPS) is 18.9. The molecule has 0 saturated carbocycles. The SMILES string of the molecule is CC1CNCCN1c1nc(OC[C@@H]2CCCN2C)nc2c(F)c(-c3ccc(F)c4sc(NC(=O)OC(C)(C)C)c(C#N)c34)c(Cl)cc12. The van der Waals surface area contributed by atoms with Gasteiger partial charge in [-0.1, -0.05) is 17.7 Å². The van der Waals surface area contributed by atoms with Gasteiger partial charge >= 0.3 is 12.1 Å². The standard InChI is InChI=1S/C33H36ClF2N7O3S/c1-17-15-38-10-12-43(17)29-20-13-22(34)25(26(36)27(20)39-31(40-29)45-16-18-7-6-11-42(18)5)19-8-9-23(35)28-24(19)21(14-37)30(47-28)41-32(44)46-33(2,3)4/h8-9,13,17-18,38H,6-7,10-12,15-16H2,1-5H3,(H,41,44)/t17?,18-/m0/s1. The Kier molecular flexibility index (Phi) is 9.15. The molecule has 1 unspecified atom stereocenters. The van der Waals surface area contributed by atoms with Gasteiger partial charge in [-0.2, -0.15) is 15.2 Å². The zero-order valence-corrected chi connectivity index (χ0v) is 28.4. The van der Waals surface area contributed by atoms with Crippen molar-refractivity contribution in [2.24, 2.45) is 0 Å². The van der Waals surface area contributed by atoms with E-state index < -0.39 is 23.3 Å². The molecule has 2 saturated heterocycles. The van der Waals surface area contributed by atoms with Crippen LogP contribution in [0.25, 0.3) is 32.1 Å². The van der Waals surface area contributed by atoms with Crippen LogP contribution in [-0.2, 0) is 4.74 Å². The Labute approximate surface area is 280 Å². The van der Waals surface area contributed by atoms with Crippen molar-refractivity contribution in [2.45, 2.75) is 58.2 Å². The quantitative estimate of drug-likeness (QED) is 0.223. The first-order valence-corrected chi connectivity index (χ1v) is 16.7. The molecule has 2 aliphatic rings. The third kappa shape index (κ3) is 6.52. The zero-order valence-electron chi connectivity index (χ0n) is 26.8. The number of hydrogen-bond acceptors (Lipinski definition) is 10. The number of halogens is 3. The molecule has 2 atom stereocenters. The van der Waals surface area contributed by atoms with Gasteiger partial charge < -0.3 is 24.6 Å². The highest BCUT2D eigenvalue weighted by atomic mass is 35.5. The fourth-order valence-electron chi connectivity index (χ4n) is 6.18. The maximum absolute atomic E-state index is 17.0. The van der Waals surface area contributed by atoms with Crippen molar-refractivity contribution in [1.29, 1.82) is 5.26 Å². The van der Waals surface area contributed by atoms with Gasteiger partial charge in [-0.05, 0) is 71.8 Å². The molecular formula is C33H36ClF2N7O3S. The van der Waals surface area contributed by atoms with Gasteiger partial charge in [0.2, 0.25) is 0 Å². The average molecular weight is 684 g/mol. The van der Waals surface area contributed by atoms with Gasteiger partial charge in [0.25, 0.3) is 0 Å². The molecule has 10 nitrogen and oxygen atoms in total. The third-order valence-electron chi connectivity index (χ3n) is 8.48. The number of nitriles is 1. The number of carbonyl (C=O) groups excluding carboxylic acids is 1. The number of likely N-dealkylation sites (tertiary alicyclic amines) is 1. The van der Waals surface area contributed by atoms with Crippen LogP contribution in [0.4, 0.5) is 24.4 Å². The number of nitrogens with one attached hydrogen (secondary N) is 2. The molecule has 0 radical (unpaired) electrons. The second-order valence-corrected chi connectivity index (χ2v) is 14.4. The van der Waals surface area contributed by atoms with E-state index in [4.69, 9.17) is 26.1 Å². The molecule has 4 aromatic rings. The first-order chi connectivity index (χ1) is 22.4. The lowest BCUT2D eigenvalue weighted by Gasteiger charge is -2.35. The van der Waals surface area contributed by atoms with Crippen LogP contribution in [0.2, 0.25) is 5.02 Å². The lowest BCUT2D eigenvalue weighted by atomic mass is 9.97. The molecular weight excluding hydrogens is 648 g/mol. The van der Waals surface area contributed by atoms with Gasteiger partial charge in [0.15, 0.2) is 5.82 Å². The minimum Gasteiger partial charge on any atom is -0.462 e. The number of benzene rings is 2. The minimum absolute atomic E-state index is 0.00627. The van der Waals surface area contributed by atoms with Gasteiger partial charge in [0.1, 0.15) is 40.4 Å². The van der Waals surface area contributed by atoms with E-state index in [1.54, 1.807) is 26.8 Å². The number of carbonyl (C=O) groups is 1. The first kappa shape index (κ1) is 33.1. The molecule has 14 heteroatoms. The molecule has 0 bridgehead atoms. The molecule has 4 heterocycles. The number of nitrogens with zero attached hydrogens (tertiary/aromatic N) is 5. The van der Waals surface area contributed by atoms with E-state index in [0.717, 1.165) is 37.3 Å². The van der Waals surface area contributed by atoms with Crippen LogP contribution in [0, 0.1) is 23.0 Å². The Bertz CT molecular complexity index is 1910. The molecule has 1 amide bonds. The van der Waals surface area contributed by atoms with E-state index in [1.165, 1.54) is 12.1 Å². The van der Waals surface area contributed by atoms with Crippen LogP contribution in [0.1, 0.15) is 46.1 Å². The molecule has 2 aromatic carbocycles. The molecule has 2 aromatic heterocycles. The summed E-state index contributed by atoms with van der Waals surface area (Å²) in [5.74, 6) is -0.886. The number of likely N-dealkylation sites (N-methyl/N-ethyl adjacent to an activating group) is 1. The van der Waals surface area contributed by atoms with Crippen molar-refractivity contribution in [3.05, 3.63) is 40.4 Å². The summed E-state index contributed by atoms with van der Waals surface area (Å²) in [6.07, 6.45) is 1.24. The van der Waals surface area contributed by atoms with Crippen LogP contribution >= 0.6 is 22.9 Å². The highest BCUT2D eigenvalue weighted by Crippen LogP contribution is 2.46. The summed E-state index contributed by atoms with van der Waals surface area (Å²) in [4.78, 5) is 26.2. The van der Waals surface area contributed by atoms with Crippen LogP contribution in [0.3, 0.4) is 0 Å². The zero-order chi connectivity index (χ0) is 33.6. The topological polar surface area (TPSA) is 116 Å². The number of ether oxygens (including phenoxy) is 2. The Balaban J connectivity index is 1.51. The maximum Gasteiger partial charge on any atom is 0.412 e. The number of fused-ring (bicyclic) bond motifs is 2. The van der Waals surface area contributed by atoms with Gasteiger partial charge in [-0.3, -0.25) is 5.32 Å². The first-order valence-electron chi connectivity index (χ1n) is 15.5. The third-order valence-corrected chi connectivity index (χ3v) is 9.89. The molecule has 47 heavy (non-hydrogen) atoms. The summed E-state index contributed by atoms with van der Waals surface area (Å²) in [5, 5.41) is 16.8. The molecule has 2 aliphatic heterocycles. The number of anilines is 2. The molecule has 2 N–H and O–H groups in total. The summed E-state index contributed by atoms with van der Waals surface area (Å²) in [6, 6.07) is 6.53. The van der Waals surface area contributed by atoms with Crippen molar-refractivity contribution < 1.29 is 23.0 Å². The van der Waals surface area contributed by atoms with E-state index in [-0.39, 0.29) is 60.4 Å². The lowest BCUT2D eigenvalue weighted by Crippen LogP contribution is -2.50. The Morgan fingerprint density at radius 1 is 1.28 bits per heavy atom. The van der Waals surface area contributed by atoms with E-state index >= 15 is 8.78 Å². The molecule has 0 aliphatic carbocycles. The number of amides is 1. The number of thiophene rings is 1. The monoisotopic (exact) mass is 683 g/mol. The number of hydrogen-bond donors (Lipinski definition) is 2. The van der Waals surface area contributed by atoms with Crippen LogP contribution in [0.15, 0.2) is 18.2 Å². The highest BCUT2D eigenvalue weighted by Gasteiger charge is 2.30. The number of piperazine rings is 1. The Morgan fingerprint density at radius 2 is 2.06 bits per heavy atom. The fourth-order valence-corrected chi connectivity index (χ4v) is 7.54. The molecule has 0 spiro atoms. The largest absolute Gasteiger partial charge is 0.462 e. The molecule has 6 rings (SSSR count). The summed E-state index contributed by atoms with van der Waals surface area (Å²) < 4.78 is 43.7. The Hall–Kier alpha value is -3.83. The van der Waals surface area contributed by atoms with E-state index in [2.05, 4.69) is 38.4 Å². The van der Waals surface area contributed by atoms with E-state index in [0.29, 0.717) is 30.9 Å². The van der Waals surface area contributed by atoms with Crippen LogP contribution in [-0.4, -0.2) is 78.5 Å². The van der Waals surface area contributed by atoms with Crippen molar-refractivity contribution in [3.63, 3.8) is 0 Å². The van der Waals surface area contributed by atoms with Gasteiger partial charge in [-0.25, -0.2) is 13.6 Å². The average Bonchev–Trinajstić information content (AvgIpc) is 3.59. The van der Waals surface area contributed by atoms with Crippen molar-refractivity contribution in [3.8, 4) is 23.2 Å². The van der Waals surface area contributed by atoms with E-state index in [9.17, 15) is 10.1 Å². The second kappa shape index (κ2) is 13.0. The van der Waals surface area contributed by atoms with Crippen LogP contribution < -0.4 is 20.3 Å². The summed E-state index contributed by atoms with van der Waals surface area (Å²) in [5.41, 5.74) is -0.718. The van der Waals surface area contributed by atoms with Gasteiger partial charge in [0, 0.05) is 48.1 Å². The van der Waals surface area contributed by atoms with Gasteiger partial charge in [-0.15, -0.1) is 11.3 Å². The summed E-state index contributed by atoms with van der Waals surface area (Å²) >= 11 is 7.73. The van der Waals surface area contributed by atoms with Crippen molar-refractivity contribution in [2.75, 3.05) is 50.1 Å². The Morgan fingerprint density at radius 3 is 2.74 bits per heavy atom. The predicted molar refractivity (Wildman–Crippen MR) is 181 cm³/mol. The van der Waals surface area contributed by atoms with Gasteiger partial charge in [0.05, 0.1) is 15.3 Å². The van der Waals surface area contributed by atoms with E-state index in [1.807, 2.05) is 7.05 Å².